The van der Waals surface area contributed by atoms with E-state index >= 15 is 0 Å². The van der Waals surface area contributed by atoms with Crippen molar-refractivity contribution in [3.63, 3.8) is 0 Å². The Balaban J connectivity index is 0.000000161. The van der Waals surface area contributed by atoms with Gasteiger partial charge in [-0.1, -0.05) is 0 Å². The van der Waals surface area contributed by atoms with Gasteiger partial charge in [0.15, 0.2) is 43.8 Å². The molecule has 36 heteroatoms. The maximum atomic E-state index is 13.5. The summed E-state index contributed by atoms with van der Waals surface area (Å²) in [4.78, 5) is 94.7. The van der Waals surface area contributed by atoms with Crippen LogP contribution in [-0.2, 0) is 0 Å². The van der Waals surface area contributed by atoms with Crippen molar-refractivity contribution in [2.45, 2.75) is 27.7 Å². The fourth-order valence-corrected chi connectivity index (χ4v) is 17.3. The SMILES string of the molecule is Cc1c(C(=O)O)c(-c2cc(F)c(F)s2)c(C)c(C(=O)O)c1-c1cc(F)c(F)s1.Cc1c(C(=O)O)c(-c2ccc(F)s2)c(C)c(C(=O)O)c1-c1ccc(F)s1.O=C(O)c1cc(-c2cc(F)c(F)s2)c(C(=O)O)cc1-c1cc(F)c(F)s1.O=C(O)c1cc(-c2ccc(F)s2)c(C(=O)O)cc1-c1ccc(F)s1. The molecule has 0 saturated carbocycles. The van der Waals surface area contributed by atoms with Crippen LogP contribution in [0.1, 0.15) is 105 Å². The van der Waals surface area contributed by atoms with Crippen molar-refractivity contribution in [3.8, 4) is 83.5 Å². The van der Waals surface area contributed by atoms with Crippen molar-refractivity contribution in [1.29, 1.82) is 0 Å². The molecule has 0 bridgehead atoms. The van der Waals surface area contributed by atoms with Crippen molar-refractivity contribution < 1.29 is 132 Å². The molecule has 16 nitrogen and oxygen atoms in total. The molecule has 536 valence electrons. The molecule has 0 unspecified atom stereocenters. The molecule has 0 atom stereocenters. The lowest BCUT2D eigenvalue weighted by Gasteiger charge is -2.19. The molecule has 0 fully saturated rings. The third-order valence-corrected chi connectivity index (χ3v) is 22.3. The number of thiophene rings is 8. The van der Waals surface area contributed by atoms with Crippen LogP contribution in [-0.4, -0.2) is 88.6 Å². The van der Waals surface area contributed by atoms with Crippen LogP contribution in [0.15, 0.2) is 97.1 Å². The predicted molar refractivity (Wildman–Crippen MR) is 366 cm³/mol. The second kappa shape index (κ2) is 31.2. The Morgan fingerprint density at radius 2 is 0.433 bits per heavy atom. The molecule has 0 aliphatic heterocycles. The van der Waals surface area contributed by atoms with Crippen molar-refractivity contribution in [3.05, 3.63) is 228 Å². The maximum Gasteiger partial charge on any atom is 0.336 e. The topological polar surface area (TPSA) is 298 Å². The Morgan fingerprint density at radius 3 is 0.606 bits per heavy atom. The van der Waals surface area contributed by atoms with Gasteiger partial charge >= 0.3 is 47.8 Å². The van der Waals surface area contributed by atoms with Crippen molar-refractivity contribution in [1.82, 2.24) is 0 Å². The number of aromatic carboxylic acids is 8. The van der Waals surface area contributed by atoms with Gasteiger partial charge in [-0.3, -0.25) is 0 Å². The Labute approximate surface area is 605 Å². The van der Waals surface area contributed by atoms with Gasteiger partial charge in [0, 0.05) is 83.5 Å². The van der Waals surface area contributed by atoms with Crippen LogP contribution in [0.5, 0.6) is 0 Å². The smallest absolute Gasteiger partial charge is 0.336 e. The lowest BCUT2D eigenvalue weighted by molar-refractivity contribution is 0.0681. The highest BCUT2D eigenvalue weighted by atomic mass is 32.1. The summed E-state index contributed by atoms with van der Waals surface area (Å²) in [6.07, 6.45) is 0. The molecular formula is C68H36F12O16S8. The standard InChI is InChI=1S/C18H10F4O4S2.C18H12F2O4S2.C16H6F4O4S2.C16H8F2O4S2/c1-5-11(9-3-7(19)15(21)27-9)14(18(25)26)6(2)12(13(5)17(23)24)10-4-8(20)16(22)28-10;1-7-13(9-3-5-11(19)25-9)16(18(23)24)8(2)14(15(7)17(21)22)10-4-6-12(20)26-10;17-9-3-11(25-13(9)19)5-1-7(15(21)22)6(2-8(5)16(23)24)12-4-10(18)14(20)26-12;17-13-3-1-11(23-13)7-5-10(16(21)22)8(6-9(7)15(19)20)12-2-4-14(18)24-12/h3-4H,1-2H3,(H,23,24)(H,25,26);3-6H,1-2H3,(H,21,22)(H,23,24);1-4H,(H,21,22)(H,23,24);1-6H,(H,19,20)(H,21,22). The second-order valence-corrected chi connectivity index (χ2v) is 29.3. The minimum Gasteiger partial charge on any atom is -0.478 e. The molecule has 0 aliphatic rings. The quantitative estimate of drug-likeness (QED) is 0.0417. The minimum absolute atomic E-state index is 0.0824. The first-order valence-electron chi connectivity index (χ1n) is 28.2. The molecule has 0 radical (unpaired) electrons. The number of benzene rings is 4. The van der Waals surface area contributed by atoms with E-state index in [0.29, 0.717) is 64.9 Å². The van der Waals surface area contributed by atoms with Crippen LogP contribution < -0.4 is 0 Å². The van der Waals surface area contributed by atoms with E-state index in [9.17, 15) is 132 Å². The van der Waals surface area contributed by atoms with Crippen LogP contribution in [0.3, 0.4) is 0 Å². The highest BCUT2D eigenvalue weighted by molar-refractivity contribution is 7.16. The molecule has 0 amide bonds. The van der Waals surface area contributed by atoms with Crippen LogP contribution in [0, 0.1) is 92.0 Å². The van der Waals surface area contributed by atoms with Gasteiger partial charge in [-0.2, -0.15) is 35.1 Å². The third-order valence-electron chi connectivity index (χ3n) is 15.0. The van der Waals surface area contributed by atoms with Gasteiger partial charge in [0.25, 0.3) is 0 Å². The van der Waals surface area contributed by atoms with Gasteiger partial charge in [0.1, 0.15) is 0 Å². The summed E-state index contributed by atoms with van der Waals surface area (Å²) in [5.74, 6) is -15.8. The van der Waals surface area contributed by atoms with Gasteiger partial charge in [-0.25, -0.2) is 55.9 Å². The third kappa shape index (κ3) is 15.8. The summed E-state index contributed by atoms with van der Waals surface area (Å²) in [5, 5.41) is 69.8. The Bertz CT molecular complexity index is 5140. The molecule has 0 saturated heterocycles. The second-order valence-electron chi connectivity index (χ2n) is 21.2. The van der Waals surface area contributed by atoms with E-state index in [1.807, 2.05) is 0 Å². The fourth-order valence-electron chi connectivity index (χ4n) is 10.7. The number of carbonyl (C=O) groups is 8. The van der Waals surface area contributed by atoms with E-state index in [0.717, 1.165) is 81.7 Å². The van der Waals surface area contributed by atoms with Crippen LogP contribution in [0.25, 0.3) is 83.5 Å². The largest absolute Gasteiger partial charge is 0.478 e. The van der Waals surface area contributed by atoms with Crippen LogP contribution in [0.4, 0.5) is 52.7 Å². The Kier molecular flexibility index (Phi) is 23.2. The zero-order chi connectivity index (χ0) is 76.7. The van der Waals surface area contributed by atoms with Crippen LogP contribution >= 0.6 is 90.7 Å². The molecule has 8 heterocycles. The number of halogens is 12. The minimum atomic E-state index is -1.50. The van der Waals surface area contributed by atoms with Gasteiger partial charge in [-0.15, -0.1) is 90.7 Å². The number of carboxylic acid groups (broad SMARTS) is 8. The lowest BCUT2D eigenvalue weighted by atomic mass is 9.86. The summed E-state index contributed by atoms with van der Waals surface area (Å²) < 4.78 is 161. The first-order chi connectivity index (χ1) is 48.8. The molecule has 0 aliphatic carbocycles. The highest BCUT2D eigenvalue weighted by Crippen LogP contribution is 2.47. The summed E-state index contributed by atoms with van der Waals surface area (Å²) in [7, 11) is 0. The molecule has 8 N–H and O–H groups in total. The number of hydrogen-bond acceptors (Lipinski definition) is 16. The molecule has 104 heavy (non-hydrogen) atoms. The number of hydrogen-bond donors (Lipinski definition) is 8. The summed E-state index contributed by atoms with van der Waals surface area (Å²) >= 11 is 4.21. The van der Waals surface area contributed by atoms with Gasteiger partial charge in [0.05, 0.1) is 44.5 Å². The van der Waals surface area contributed by atoms with Crippen molar-refractivity contribution in [2.24, 2.45) is 0 Å². The molecule has 12 rings (SSSR count). The first-order valence-corrected chi connectivity index (χ1v) is 34.7. The van der Waals surface area contributed by atoms with Crippen molar-refractivity contribution >= 4 is 138 Å². The van der Waals surface area contributed by atoms with E-state index < -0.39 is 134 Å². The van der Waals surface area contributed by atoms with E-state index in [1.165, 1.54) is 88.4 Å². The first kappa shape index (κ1) is 77.6. The van der Waals surface area contributed by atoms with E-state index in [1.54, 1.807) is 0 Å². The zero-order valence-electron chi connectivity index (χ0n) is 51.9. The van der Waals surface area contributed by atoms with E-state index in [2.05, 4.69) is 0 Å². The summed E-state index contributed by atoms with van der Waals surface area (Å²) in [6, 6.07) is 17.6. The summed E-state index contributed by atoms with van der Waals surface area (Å²) in [6.45, 7) is 5.53. The number of rotatable bonds is 16. The predicted octanol–water partition coefficient (Wildman–Crippen LogP) is 21.1. The van der Waals surface area contributed by atoms with Crippen LogP contribution in [0.2, 0.25) is 0 Å². The normalized spacial score (nSPS) is 10.9. The number of carboxylic acids is 8. The Hall–Kier alpha value is -10.6. The van der Waals surface area contributed by atoms with Gasteiger partial charge < -0.3 is 40.9 Å². The van der Waals surface area contributed by atoms with Crippen molar-refractivity contribution in [2.75, 3.05) is 0 Å². The van der Waals surface area contributed by atoms with E-state index in [4.69, 9.17) is 0 Å². The lowest BCUT2D eigenvalue weighted by Crippen LogP contribution is -2.12. The molecule has 4 aromatic carbocycles. The zero-order valence-corrected chi connectivity index (χ0v) is 58.4. The molecule has 0 spiro atoms. The van der Waals surface area contributed by atoms with Gasteiger partial charge in [0.2, 0.25) is 20.5 Å². The summed E-state index contributed by atoms with van der Waals surface area (Å²) in [5.41, 5.74) is -2.25. The maximum absolute atomic E-state index is 13.5. The molecule has 8 aromatic heterocycles. The monoisotopic (exact) mass is 1590 g/mol. The van der Waals surface area contributed by atoms with Gasteiger partial charge in [-0.05, 0) is 147 Å². The average Bonchev–Trinajstić information content (AvgIpc) is 1.12. The molecule has 12 aromatic rings. The van der Waals surface area contributed by atoms with E-state index in [-0.39, 0.29) is 109 Å². The Morgan fingerprint density at radius 1 is 0.240 bits per heavy atom. The highest BCUT2D eigenvalue weighted by Gasteiger charge is 2.34. The molecular weight excluding hydrogens is 1560 g/mol. The average molecular weight is 1590 g/mol. The fraction of sp³-hybridized carbons (Fsp3) is 0.0588.